The summed E-state index contributed by atoms with van der Waals surface area (Å²) < 4.78 is 1.93. The van der Waals surface area contributed by atoms with E-state index in [-0.39, 0.29) is 5.91 Å². The Kier molecular flexibility index (Phi) is 5.30. The molecular formula is C19H18N4OS. The summed E-state index contributed by atoms with van der Waals surface area (Å²) in [6.07, 6.45) is 5.27. The molecule has 1 heterocycles. The highest BCUT2D eigenvalue weighted by Crippen LogP contribution is 2.23. The Morgan fingerprint density at radius 1 is 1.12 bits per heavy atom. The van der Waals surface area contributed by atoms with Gasteiger partial charge in [-0.25, -0.2) is 0 Å². The molecule has 0 aliphatic rings. The topological polar surface area (TPSA) is 59.8 Å². The number of carbonyl (C=O) groups is 1. The van der Waals surface area contributed by atoms with Gasteiger partial charge in [0.2, 0.25) is 5.91 Å². The van der Waals surface area contributed by atoms with E-state index in [1.54, 1.807) is 17.8 Å². The SMILES string of the molecule is CSc1nnc(-c2cccc(NC(=O)/C=C/c3ccccc3)c2)n1C. The third kappa shape index (κ3) is 4.16. The molecule has 2 aromatic carbocycles. The second-order valence-electron chi connectivity index (χ2n) is 5.38. The van der Waals surface area contributed by atoms with Crippen molar-refractivity contribution in [1.82, 2.24) is 14.8 Å². The number of hydrogen-bond acceptors (Lipinski definition) is 4. The van der Waals surface area contributed by atoms with Gasteiger partial charge in [-0.2, -0.15) is 0 Å². The average molecular weight is 350 g/mol. The van der Waals surface area contributed by atoms with Crippen LogP contribution in [0.15, 0.2) is 65.8 Å². The van der Waals surface area contributed by atoms with E-state index in [0.717, 1.165) is 22.1 Å². The number of rotatable bonds is 5. The smallest absolute Gasteiger partial charge is 0.248 e. The Balaban J connectivity index is 1.74. The first-order valence-electron chi connectivity index (χ1n) is 7.75. The van der Waals surface area contributed by atoms with E-state index in [2.05, 4.69) is 15.5 Å². The van der Waals surface area contributed by atoms with Crippen LogP contribution in [0, 0.1) is 0 Å². The van der Waals surface area contributed by atoms with Crippen LogP contribution in [0.25, 0.3) is 17.5 Å². The van der Waals surface area contributed by atoms with Crippen LogP contribution in [0.4, 0.5) is 5.69 Å². The van der Waals surface area contributed by atoms with E-state index in [9.17, 15) is 4.79 Å². The lowest BCUT2D eigenvalue weighted by atomic mass is 10.2. The number of amides is 1. The molecule has 1 aromatic heterocycles. The Labute approximate surface area is 150 Å². The van der Waals surface area contributed by atoms with Crippen molar-refractivity contribution in [2.45, 2.75) is 5.16 Å². The van der Waals surface area contributed by atoms with Crippen molar-refractivity contribution in [3.05, 3.63) is 66.2 Å². The van der Waals surface area contributed by atoms with Crippen molar-refractivity contribution in [2.75, 3.05) is 11.6 Å². The number of benzene rings is 2. The molecule has 0 aliphatic carbocycles. The fraction of sp³-hybridized carbons (Fsp3) is 0.105. The van der Waals surface area contributed by atoms with E-state index < -0.39 is 0 Å². The normalized spacial score (nSPS) is 11.0. The standard InChI is InChI=1S/C19H18N4OS/c1-23-18(21-22-19(23)25-2)15-9-6-10-16(13-15)20-17(24)12-11-14-7-4-3-5-8-14/h3-13H,1-2H3,(H,20,24)/b12-11+. The second-order valence-corrected chi connectivity index (χ2v) is 6.16. The summed E-state index contributed by atoms with van der Waals surface area (Å²) in [6.45, 7) is 0. The minimum Gasteiger partial charge on any atom is -0.322 e. The quantitative estimate of drug-likeness (QED) is 0.561. The number of thioether (sulfide) groups is 1. The molecule has 6 heteroatoms. The van der Waals surface area contributed by atoms with Gasteiger partial charge in [0.25, 0.3) is 0 Å². The summed E-state index contributed by atoms with van der Waals surface area (Å²) >= 11 is 1.54. The molecule has 0 bridgehead atoms. The molecule has 0 saturated carbocycles. The maximum atomic E-state index is 12.1. The van der Waals surface area contributed by atoms with Gasteiger partial charge in [-0.15, -0.1) is 10.2 Å². The number of carbonyl (C=O) groups excluding carboxylic acids is 1. The third-order valence-electron chi connectivity index (χ3n) is 3.63. The van der Waals surface area contributed by atoms with Crippen molar-refractivity contribution >= 4 is 29.4 Å². The first-order valence-corrected chi connectivity index (χ1v) is 8.98. The van der Waals surface area contributed by atoms with Crippen molar-refractivity contribution in [2.24, 2.45) is 7.05 Å². The fourth-order valence-corrected chi connectivity index (χ4v) is 2.88. The maximum absolute atomic E-state index is 12.1. The zero-order valence-electron chi connectivity index (χ0n) is 14.0. The Morgan fingerprint density at radius 3 is 2.64 bits per heavy atom. The average Bonchev–Trinajstić information content (AvgIpc) is 3.02. The Morgan fingerprint density at radius 2 is 1.92 bits per heavy atom. The van der Waals surface area contributed by atoms with E-state index in [0.29, 0.717) is 5.69 Å². The molecule has 0 atom stereocenters. The molecule has 25 heavy (non-hydrogen) atoms. The fourth-order valence-electron chi connectivity index (χ4n) is 2.40. The van der Waals surface area contributed by atoms with Crippen molar-refractivity contribution in [1.29, 1.82) is 0 Å². The number of aromatic nitrogens is 3. The Bertz CT molecular complexity index is 903. The van der Waals surface area contributed by atoms with Crippen LogP contribution in [-0.4, -0.2) is 26.9 Å². The summed E-state index contributed by atoms with van der Waals surface area (Å²) in [7, 11) is 1.93. The van der Waals surface area contributed by atoms with Gasteiger partial charge in [-0.05, 0) is 30.0 Å². The molecule has 0 saturated heterocycles. The van der Waals surface area contributed by atoms with Gasteiger partial charge in [0.15, 0.2) is 11.0 Å². The van der Waals surface area contributed by atoms with Crippen LogP contribution < -0.4 is 5.32 Å². The Hall–Kier alpha value is -2.86. The summed E-state index contributed by atoms with van der Waals surface area (Å²) in [5.41, 5.74) is 2.60. The minimum atomic E-state index is -0.177. The molecule has 0 fully saturated rings. The van der Waals surface area contributed by atoms with Crippen LogP contribution in [0.3, 0.4) is 0 Å². The first kappa shape index (κ1) is 17.0. The maximum Gasteiger partial charge on any atom is 0.248 e. The van der Waals surface area contributed by atoms with E-state index in [1.807, 2.05) is 72.5 Å². The van der Waals surface area contributed by atoms with Crippen molar-refractivity contribution < 1.29 is 4.79 Å². The van der Waals surface area contributed by atoms with E-state index in [4.69, 9.17) is 0 Å². The monoisotopic (exact) mass is 350 g/mol. The number of anilines is 1. The molecule has 126 valence electrons. The zero-order chi connectivity index (χ0) is 17.6. The number of nitrogens with one attached hydrogen (secondary N) is 1. The highest BCUT2D eigenvalue weighted by Gasteiger charge is 2.10. The van der Waals surface area contributed by atoms with E-state index in [1.165, 1.54) is 6.08 Å². The highest BCUT2D eigenvalue weighted by molar-refractivity contribution is 7.98. The second kappa shape index (κ2) is 7.81. The van der Waals surface area contributed by atoms with Crippen LogP contribution in [0.5, 0.6) is 0 Å². The minimum absolute atomic E-state index is 0.177. The lowest BCUT2D eigenvalue weighted by Gasteiger charge is -2.06. The lowest BCUT2D eigenvalue weighted by Crippen LogP contribution is -2.07. The van der Waals surface area contributed by atoms with Crippen molar-refractivity contribution in [3.63, 3.8) is 0 Å². The van der Waals surface area contributed by atoms with Crippen LogP contribution in [-0.2, 0) is 11.8 Å². The van der Waals surface area contributed by atoms with Crippen molar-refractivity contribution in [3.8, 4) is 11.4 Å². The molecule has 0 spiro atoms. The largest absolute Gasteiger partial charge is 0.322 e. The van der Waals surface area contributed by atoms with E-state index >= 15 is 0 Å². The predicted molar refractivity (Wildman–Crippen MR) is 102 cm³/mol. The lowest BCUT2D eigenvalue weighted by molar-refractivity contribution is -0.111. The molecular weight excluding hydrogens is 332 g/mol. The van der Waals surface area contributed by atoms with Gasteiger partial charge >= 0.3 is 0 Å². The molecule has 3 aromatic rings. The van der Waals surface area contributed by atoms with Gasteiger partial charge in [0.1, 0.15) is 0 Å². The molecule has 0 aliphatic heterocycles. The molecule has 0 radical (unpaired) electrons. The van der Waals surface area contributed by atoms with Gasteiger partial charge in [-0.1, -0.05) is 54.2 Å². The number of hydrogen-bond donors (Lipinski definition) is 1. The summed E-state index contributed by atoms with van der Waals surface area (Å²) in [6, 6.07) is 17.3. The first-order chi connectivity index (χ1) is 12.2. The predicted octanol–water partition coefficient (Wildman–Crippen LogP) is 3.86. The molecule has 0 unspecified atom stereocenters. The highest BCUT2D eigenvalue weighted by atomic mass is 32.2. The van der Waals surface area contributed by atoms with Crippen LogP contribution in [0.2, 0.25) is 0 Å². The van der Waals surface area contributed by atoms with Crippen LogP contribution >= 0.6 is 11.8 Å². The summed E-state index contributed by atoms with van der Waals surface area (Å²) in [5, 5.41) is 12.1. The van der Waals surface area contributed by atoms with Gasteiger partial charge < -0.3 is 9.88 Å². The van der Waals surface area contributed by atoms with Gasteiger partial charge in [-0.3, -0.25) is 4.79 Å². The number of nitrogens with zero attached hydrogens (tertiary/aromatic N) is 3. The molecule has 3 rings (SSSR count). The zero-order valence-corrected chi connectivity index (χ0v) is 14.8. The molecule has 5 nitrogen and oxygen atoms in total. The van der Waals surface area contributed by atoms with Gasteiger partial charge in [0, 0.05) is 24.4 Å². The van der Waals surface area contributed by atoms with Gasteiger partial charge in [0.05, 0.1) is 0 Å². The molecule has 1 amide bonds. The molecule has 1 N–H and O–H groups in total. The summed E-state index contributed by atoms with van der Waals surface area (Å²) in [5.74, 6) is 0.587. The summed E-state index contributed by atoms with van der Waals surface area (Å²) in [4.78, 5) is 12.1. The van der Waals surface area contributed by atoms with Crippen LogP contribution in [0.1, 0.15) is 5.56 Å². The third-order valence-corrected chi connectivity index (χ3v) is 4.35.